The molecular formula is C21H21F2N5O3S. The van der Waals surface area contributed by atoms with Gasteiger partial charge < -0.3 is 15.5 Å². The lowest BCUT2D eigenvalue weighted by Crippen LogP contribution is -2.19. The lowest BCUT2D eigenvalue weighted by atomic mass is 10.2. The number of sulfone groups is 1. The van der Waals surface area contributed by atoms with Gasteiger partial charge in [0.2, 0.25) is 15.8 Å². The van der Waals surface area contributed by atoms with Crippen molar-refractivity contribution in [2.24, 2.45) is 0 Å². The number of nitrogens with zero attached hydrogens (tertiary/aromatic N) is 3. The average Bonchev–Trinajstić information content (AvgIpc) is 2.74. The number of aryl methyl sites for hydroxylation is 1. The van der Waals surface area contributed by atoms with Crippen LogP contribution in [0, 0.1) is 6.92 Å². The van der Waals surface area contributed by atoms with Gasteiger partial charge in [0, 0.05) is 37.2 Å². The molecular weight excluding hydrogens is 440 g/mol. The molecule has 0 aliphatic rings. The van der Waals surface area contributed by atoms with Crippen LogP contribution in [-0.4, -0.2) is 44.1 Å². The summed E-state index contributed by atoms with van der Waals surface area (Å²) in [5.74, 6) is -3.31. The number of carbonyl (C=O) groups excluding carboxylic acids is 1. The molecule has 8 nitrogen and oxygen atoms in total. The van der Waals surface area contributed by atoms with Crippen LogP contribution in [0.1, 0.15) is 16.1 Å². The minimum atomic E-state index is -4.92. The first kappa shape index (κ1) is 23.1. The zero-order valence-electron chi connectivity index (χ0n) is 17.5. The SMILES string of the molecule is Cc1cc(N(C)C)nc(Nc2ccc(NC(=O)c3ccccc3S(=O)(=O)C(F)F)cc2)n1. The van der Waals surface area contributed by atoms with Gasteiger partial charge in [0.15, 0.2) is 0 Å². The summed E-state index contributed by atoms with van der Waals surface area (Å²) in [7, 11) is -1.18. The molecule has 0 saturated heterocycles. The van der Waals surface area contributed by atoms with Crippen molar-refractivity contribution >= 4 is 38.9 Å². The molecule has 1 aromatic heterocycles. The maximum atomic E-state index is 12.9. The topological polar surface area (TPSA) is 104 Å². The standard InChI is InChI=1S/C21H21F2N5O3S/c1-13-12-18(28(2)3)27-21(24-13)26-15-10-8-14(9-11-15)25-19(29)16-6-4-5-7-17(16)32(30,31)20(22)23/h4-12,20H,1-3H3,(H,25,29)(H,24,26,27). The van der Waals surface area contributed by atoms with Gasteiger partial charge in [-0.1, -0.05) is 12.1 Å². The Balaban J connectivity index is 1.77. The van der Waals surface area contributed by atoms with Crippen LogP contribution in [-0.2, 0) is 9.84 Å². The predicted molar refractivity (Wildman–Crippen MR) is 118 cm³/mol. The zero-order chi connectivity index (χ0) is 23.5. The highest BCUT2D eigenvalue weighted by atomic mass is 32.2. The van der Waals surface area contributed by atoms with Crippen LogP contribution in [0.5, 0.6) is 0 Å². The Kier molecular flexibility index (Phi) is 6.68. The number of hydrogen-bond donors (Lipinski definition) is 2. The first-order valence-electron chi connectivity index (χ1n) is 9.40. The summed E-state index contributed by atoms with van der Waals surface area (Å²) in [6.45, 7) is 1.85. The second-order valence-corrected chi connectivity index (χ2v) is 8.93. The Hall–Kier alpha value is -3.60. The van der Waals surface area contributed by atoms with E-state index in [1.807, 2.05) is 32.0 Å². The fraction of sp³-hybridized carbons (Fsp3) is 0.190. The number of halogens is 2. The summed E-state index contributed by atoms with van der Waals surface area (Å²) in [5.41, 5.74) is 1.43. The number of aromatic nitrogens is 2. The quantitative estimate of drug-likeness (QED) is 0.551. The van der Waals surface area contributed by atoms with Crippen LogP contribution in [0.25, 0.3) is 0 Å². The van der Waals surface area contributed by atoms with Crippen LogP contribution in [0.2, 0.25) is 0 Å². The van der Waals surface area contributed by atoms with Crippen molar-refractivity contribution in [3.8, 4) is 0 Å². The van der Waals surface area contributed by atoms with E-state index in [1.54, 1.807) is 24.3 Å². The summed E-state index contributed by atoms with van der Waals surface area (Å²) in [6.07, 6.45) is 0. The zero-order valence-corrected chi connectivity index (χ0v) is 18.3. The summed E-state index contributed by atoms with van der Waals surface area (Å²) >= 11 is 0. The van der Waals surface area contributed by atoms with Crippen LogP contribution >= 0.6 is 0 Å². The largest absolute Gasteiger partial charge is 0.363 e. The number of alkyl halides is 2. The molecule has 32 heavy (non-hydrogen) atoms. The number of rotatable bonds is 7. The smallest absolute Gasteiger partial charge is 0.341 e. The van der Waals surface area contributed by atoms with Crippen molar-refractivity contribution in [3.63, 3.8) is 0 Å². The summed E-state index contributed by atoms with van der Waals surface area (Å²) < 4.78 is 49.6. The summed E-state index contributed by atoms with van der Waals surface area (Å²) in [5, 5.41) is 5.59. The van der Waals surface area contributed by atoms with Gasteiger partial charge in [0.25, 0.3) is 5.91 Å². The molecule has 3 aromatic rings. The maximum Gasteiger partial charge on any atom is 0.341 e. The van der Waals surface area contributed by atoms with Gasteiger partial charge in [0.1, 0.15) is 5.82 Å². The molecule has 0 atom stereocenters. The van der Waals surface area contributed by atoms with Crippen LogP contribution in [0.3, 0.4) is 0 Å². The maximum absolute atomic E-state index is 12.9. The van der Waals surface area contributed by atoms with E-state index in [1.165, 1.54) is 18.2 Å². The van der Waals surface area contributed by atoms with E-state index in [0.717, 1.165) is 17.6 Å². The Morgan fingerprint density at radius 2 is 1.62 bits per heavy atom. The number of carbonyl (C=O) groups is 1. The Morgan fingerprint density at radius 3 is 2.25 bits per heavy atom. The molecule has 0 saturated carbocycles. The van der Waals surface area contributed by atoms with E-state index in [9.17, 15) is 22.0 Å². The Morgan fingerprint density at radius 1 is 1.00 bits per heavy atom. The van der Waals surface area contributed by atoms with Crippen LogP contribution in [0.4, 0.5) is 31.9 Å². The van der Waals surface area contributed by atoms with Gasteiger partial charge >= 0.3 is 5.76 Å². The Labute approximate surface area is 184 Å². The van der Waals surface area contributed by atoms with Crippen LogP contribution < -0.4 is 15.5 Å². The molecule has 0 spiro atoms. The van der Waals surface area contributed by atoms with Gasteiger partial charge in [0.05, 0.1) is 10.5 Å². The highest BCUT2D eigenvalue weighted by Gasteiger charge is 2.30. The predicted octanol–water partition coefficient (Wildman–Crippen LogP) is 3.84. The van der Waals surface area contributed by atoms with E-state index in [0.29, 0.717) is 17.3 Å². The molecule has 1 amide bonds. The normalized spacial score (nSPS) is 11.3. The number of anilines is 4. The van der Waals surface area contributed by atoms with E-state index in [4.69, 9.17) is 0 Å². The van der Waals surface area contributed by atoms with Gasteiger partial charge in [-0.2, -0.15) is 13.8 Å². The first-order valence-corrected chi connectivity index (χ1v) is 10.9. The third kappa shape index (κ3) is 5.17. The Bertz CT molecular complexity index is 1230. The molecule has 2 aromatic carbocycles. The fourth-order valence-electron chi connectivity index (χ4n) is 2.80. The molecule has 3 rings (SSSR count). The van der Waals surface area contributed by atoms with Crippen LogP contribution in [0.15, 0.2) is 59.5 Å². The number of amides is 1. The third-order valence-corrected chi connectivity index (χ3v) is 5.81. The summed E-state index contributed by atoms with van der Waals surface area (Å²) in [4.78, 5) is 22.4. The van der Waals surface area contributed by atoms with E-state index < -0.39 is 26.4 Å². The van der Waals surface area contributed by atoms with Crippen molar-refractivity contribution in [1.29, 1.82) is 0 Å². The monoisotopic (exact) mass is 461 g/mol. The third-order valence-electron chi connectivity index (χ3n) is 4.37. The molecule has 0 unspecified atom stereocenters. The molecule has 0 radical (unpaired) electrons. The molecule has 0 fully saturated rings. The first-order chi connectivity index (χ1) is 15.1. The second kappa shape index (κ2) is 9.27. The number of hydrogen-bond acceptors (Lipinski definition) is 7. The minimum absolute atomic E-state index is 0.351. The highest BCUT2D eigenvalue weighted by molar-refractivity contribution is 7.91. The average molecular weight is 461 g/mol. The van der Waals surface area contributed by atoms with E-state index >= 15 is 0 Å². The molecule has 0 bridgehead atoms. The molecule has 0 aliphatic carbocycles. The highest BCUT2D eigenvalue weighted by Crippen LogP contribution is 2.24. The van der Waals surface area contributed by atoms with Gasteiger partial charge in [-0.05, 0) is 43.3 Å². The van der Waals surface area contributed by atoms with E-state index in [-0.39, 0.29) is 5.56 Å². The molecule has 2 N–H and O–H groups in total. The molecule has 1 heterocycles. The lowest BCUT2D eigenvalue weighted by Gasteiger charge is -2.14. The second-order valence-electron chi connectivity index (χ2n) is 7.04. The van der Waals surface area contributed by atoms with Crippen molar-refractivity contribution in [2.45, 2.75) is 17.6 Å². The molecule has 11 heteroatoms. The van der Waals surface area contributed by atoms with Crippen molar-refractivity contribution in [2.75, 3.05) is 29.6 Å². The van der Waals surface area contributed by atoms with Crippen molar-refractivity contribution in [1.82, 2.24) is 9.97 Å². The summed E-state index contributed by atoms with van der Waals surface area (Å²) in [6, 6.07) is 13.2. The molecule has 168 valence electrons. The van der Waals surface area contributed by atoms with Gasteiger partial charge in [-0.25, -0.2) is 13.4 Å². The fourth-order valence-corrected chi connectivity index (χ4v) is 3.73. The number of benzene rings is 2. The molecule has 0 aliphatic heterocycles. The van der Waals surface area contributed by atoms with Crippen molar-refractivity contribution < 1.29 is 22.0 Å². The minimum Gasteiger partial charge on any atom is -0.363 e. The van der Waals surface area contributed by atoms with Crippen molar-refractivity contribution in [3.05, 3.63) is 65.9 Å². The lowest BCUT2D eigenvalue weighted by molar-refractivity contribution is 0.102. The van der Waals surface area contributed by atoms with Gasteiger partial charge in [-0.3, -0.25) is 4.79 Å². The van der Waals surface area contributed by atoms with Gasteiger partial charge in [-0.15, -0.1) is 0 Å². The van der Waals surface area contributed by atoms with E-state index in [2.05, 4.69) is 20.6 Å². The number of nitrogens with one attached hydrogen (secondary N) is 2.